The summed E-state index contributed by atoms with van der Waals surface area (Å²) in [6, 6.07) is 25.2. The molecular weight excluding hydrogens is 364 g/mol. The first-order valence-electron chi connectivity index (χ1n) is 10.7. The maximum absolute atomic E-state index is 11.2. The molecule has 1 heteroatoms. The normalized spacial score (nSPS) is 12.8. The summed E-state index contributed by atoms with van der Waals surface area (Å²) in [5, 5.41) is 11.2. The van der Waals surface area contributed by atoms with E-state index in [0.29, 0.717) is 12.2 Å². The van der Waals surface area contributed by atoms with Crippen molar-refractivity contribution in [2.24, 2.45) is 0 Å². The smallest absolute Gasteiger partial charge is 0.122 e. The number of phenolic OH excluding ortho intramolecular Hbond substituents is 1. The minimum Gasteiger partial charge on any atom is -0.507 e. The third-order valence-electron chi connectivity index (χ3n) is 5.53. The molecule has 1 nitrogen and oxygen atoms in total. The van der Waals surface area contributed by atoms with Crippen LogP contribution in [0.3, 0.4) is 0 Å². The van der Waals surface area contributed by atoms with Crippen LogP contribution in [0.1, 0.15) is 69.4 Å². The molecule has 0 unspecified atom stereocenters. The Balaban J connectivity index is 2.16. The number of benzene rings is 3. The standard InChI is InChI=1S/C29H34O/c1-28(2,3)25-19-24(27(30)26(20-25)29(4,5)6)18-23(22-15-11-8-12-16-22)17-21-13-9-7-10-14-21/h7-17,19-20,30H,18H2,1-6H3/b23-17-. The van der Waals surface area contributed by atoms with Crippen LogP contribution >= 0.6 is 0 Å². The molecule has 0 aliphatic carbocycles. The molecule has 3 aromatic carbocycles. The SMILES string of the molecule is CC(C)(C)c1cc(C/C(=C/c2ccccc2)c2ccccc2)c(O)c(C(C)(C)C)c1. The van der Waals surface area contributed by atoms with Crippen LogP contribution < -0.4 is 0 Å². The van der Waals surface area contributed by atoms with Crippen LogP contribution in [-0.2, 0) is 17.3 Å². The number of hydrogen-bond donors (Lipinski definition) is 1. The van der Waals surface area contributed by atoms with E-state index in [1.165, 1.54) is 22.3 Å². The molecule has 0 aliphatic heterocycles. The average molecular weight is 399 g/mol. The predicted octanol–water partition coefficient (Wildman–Crippen LogP) is 7.77. The van der Waals surface area contributed by atoms with E-state index in [2.05, 4.69) is 108 Å². The molecule has 0 aliphatic rings. The maximum atomic E-state index is 11.2. The lowest BCUT2D eigenvalue weighted by Gasteiger charge is -2.28. The Labute approximate surface area is 182 Å². The second-order valence-electron chi connectivity index (χ2n) is 10.2. The van der Waals surface area contributed by atoms with Gasteiger partial charge < -0.3 is 5.11 Å². The molecule has 30 heavy (non-hydrogen) atoms. The lowest BCUT2D eigenvalue weighted by molar-refractivity contribution is 0.439. The fraction of sp³-hybridized carbons (Fsp3) is 0.310. The van der Waals surface area contributed by atoms with E-state index in [4.69, 9.17) is 0 Å². The molecule has 3 rings (SSSR count). The van der Waals surface area contributed by atoms with E-state index >= 15 is 0 Å². The Morgan fingerprint density at radius 1 is 0.767 bits per heavy atom. The van der Waals surface area contributed by atoms with E-state index in [0.717, 1.165) is 11.1 Å². The van der Waals surface area contributed by atoms with E-state index in [9.17, 15) is 5.11 Å². The van der Waals surface area contributed by atoms with Crippen LogP contribution in [0.5, 0.6) is 5.75 Å². The van der Waals surface area contributed by atoms with Crippen molar-refractivity contribution in [3.8, 4) is 5.75 Å². The van der Waals surface area contributed by atoms with Crippen LogP contribution in [0.15, 0.2) is 72.8 Å². The second-order valence-corrected chi connectivity index (χ2v) is 10.2. The van der Waals surface area contributed by atoms with E-state index in [1.807, 2.05) is 12.1 Å². The molecule has 3 aromatic rings. The van der Waals surface area contributed by atoms with Gasteiger partial charge in [-0.25, -0.2) is 0 Å². The third-order valence-corrected chi connectivity index (χ3v) is 5.53. The molecule has 0 radical (unpaired) electrons. The van der Waals surface area contributed by atoms with Crippen molar-refractivity contribution in [2.45, 2.75) is 58.8 Å². The maximum Gasteiger partial charge on any atom is 0.122 e. The molecule has 0 spiro atoms. The Morgan fingerprint density at radius 3 is 1.87 bits per heavy atom. The Morgan fingerprint density at radius 2 is 1.33 bits per heavy atom. The molecular formula is C29H34O. The van der Waals surface area contributed by atoms with Gasteiger partial charge in [-0.15, -0.1) is 0 Å². The number of hydrogen-bond acceptors (Lipinski definition) is 1. The number of allylic oxidation sites excluding steroid dienone is 1. The van der Waals surface area contributed by atoms with Crippen LogP contribution in [0.2, 0.25) is 0 Å². The summed E-state index contributed by atoms with van der Waals surface area (Å²) in [7, 11) is 0. The lowest BCUT2D eigenvalue weighted by Crippen LogP contribution is -2.17. The molecule has 0 fully saturated rings. The first-order chi connectivity index (χ1) is 14.1. The highest BCUT2D eigenvalue weighted by atomic mass is 16.3. The molecule has 0 heterocycles. The number of rotatable bonds is 4. The van der Waals surface area contributed by atoms with Gasteiger partial charge in [-0.05, 0) is 44.2 Å². The quantitative estimate of drug-likeness (QED) is 0.445. The van der Waals surface area contributed by atoms with Crippen molar-refractivity contribution < 1.29 is 5.11 Å². The Hall–Kier alpha value is -2.80. The minimum atomic E-state index is -0.129. The number of aromatic hydroxyl groups is 1. The zero-order valence-corrected chi connectivity index (χ0v) is 19.2. The molecule has 156 valence electrons. The predicted molar refractivity (Wildman–Crippen MR) is 130 cm³/mol. The van der Waals surface area contributed by atoms with Crippen LogP contribution in [0, 0.1) is 0 Å². The largest absolute Gasteiger partial charge is 0.507 e. The summed E-state index contributed by atoms with van der Waals surface area (Å²) in [6.45, 7) is 13.2. The fourth-order valence-electron chi connectivity index (χ4n) is 3.68. The topological polar surface area (TPSA) is 20.2 Å². The van der Waals surface area contributed by atoms with Crippen molar-refractivity contribution >= 4 is 11.6 Å². The van der Waals surface area contributed by atoms with Crippen molar-refractivity contribution in [3.05, 3.63) is 101 Å². The van der Waals surface area contributed by atoms with Crippen LogP contribution in [0.4, 0.5) is 0 Å². The van der Waals surface area contributed by atoms with Gasteiger partial charge in [0.15, 0.2) is 0 Å². The lowest BCUT2D eigenvalue weighted by atomic mass is 9.78. The Kier molecular flexibility index (Phi) is 6.22. The van der Waals surface area contributed by atoms with E-state index < -0.39 is 0 Å². The monoisotopic (exact) mass is 398 g/mol. The van der Waals surface area contributed by atoms with Gasteiger partial charge in [-0.1, -0.05) is 120 Å². The highest BCUT2D eigenvalue weighted by Gasteiger charge is 2.25. The molecule has 1 N–H and O–H groups in total. The summed E-state index contributed by atoms with van der Waals surface area (Å²) < 4.78 is 0. The van der Waals surface area contributed by atoms with Crippen molar-refractivity contribution in [2.75, 3.05) is 0 Å². The summed E-state index contributed by atoms with van der Waals surface area (Å²) >= 11 is 0. The van der Waals surface area contributed by atoms with Gasteiger partial charge in [-0.3, -0.25) is 0 Å². The van der Waals surface area contributed by atoms with Gasteiger partial charge in [0, 0.05) is 6.42 Å². The minimum absolute atomic E-state index is 0.0124. The molecule has 0 saturated heterocycles. The highest BCUT2D eigenvalue weighted by molar-refractivity contribution is 5.83. The molecule has 0 aromatic heterocycles. The summed E-state index contributed by atoms with van der Waals surface area (Å²) in [5.41, 5.74) is 6.68. The molecule has 0 bridgehead atoms. The van der Waals surface area contributed by atoms with Gasteiger partial charge in [0.05, 0.1) is 0 Å². The van der Waals surface area contributed by atoms with Crippen molar-refractivity contribution in [1.82, 2.24) is 0 Å². The summed E-state index contributed by atoms with van der Waals surface area (Å²) in [6.07, 6.45) is 2.91. The first-order valence-corrected chi connectivity index (χ1v) is 10.7. The Bertz CT molecular complexity index is 1010. The van der Waals surface area contributed by atoms with Gasteiger partial charge >= 0.3 is 0 Å². The summed E-state index contributed by atoms with van der Waals surface area (Å²) in [4.78, 5) is 0. The van der Waals surface area contributed by atoms with Gasteiger partial charge in [0.1, 0.15) is 5.75 Å². The zero-order valence-electron chi connectivity index (χ0n) is 19.2. The zero-order chi connectivity index (χ0) is 21.9. The number of phenols is 1. The highest BCUT2D eigenvalue weighted by Crippen LogP contribution is 2.39. The van der Waals surface area contributed by atoms with Crippen molar-refractivity contribution in [3.63, 3.8) is 0 Å². The molecule has 0 amide bonds. The summed E-state index contributed by atoms with van der Waals surface area (Å²) in [5.74, 6) is 0.422. The van der Waals surface area contributed by atoms with Gasteiger partial charge in [0.2, 0.25) is 0 Å². The molecule has 0 saturated carbocycles. The fourth-order valence-corrected chi connectivity index (χ4v) is 3.68. The molecule has 0 atom stereocenters. The van der Waals surface area contributed by atoms with Crippen LogP contribution in [0.25, 0.3) is 11.6 Å². The van der Waals surface area contributed by atoms with Gasteiger partial charge in [0.25, 0.3) is 0 Å². The van der Waals surface area contributed by atoms with E-state index in [1.54, 1.807) is 0 Å². The second kappa shape index (κ2) is 8.52. The van der Waals surface area contributed by atoms with Crippen LogP contribution in [-0.4, -0.2) is 5.11 Å². The third kappa shape index (κ3) is 5.21. The average Bonchev–Trinajstić information content (AvgIpc) is 2.68. The van der Waals surface area contributed by atoms with E-state index in [-0.39, 0.29) is 10.8 Å². The van der Waals surface area contributed by atoms with Crippen molar-refractivity contribution in [1.29, 1.82) is 0 Å². The first kappa shape index (κ1) is 21.9. The van der Waals surface area contributed by atoms with Gasteiger partial charge in [-0.2, -0.15) is 0 Å².